The first-order valence-electron chi connectivity index (χ1n) is 10.6. The van der Waals surface area contributed by atoms with Crippen molar-refractivity contribution in [3.63, 3.8) is 0 Å². The van der Waals surface area contributed by atoms with Crippen LogP contribution in [0.1, 0.15) is 27.7 Å². The first kappa shape index (κ1) is 20.7. The van der Waals surface area contributed by atoms with Gasteiger partial charge in [-0.15, -0.1) is 0 Å². The van der Waals surface area contributed by atoms with Gasteiger partial charge in [-0.1, -0.05) is 18.2 Å². The van der Waals surface area contributed by atoms with E-state index in [1.54, 1.807) is 41.3 Å². The fourth-order valence-electron chi connectivity index (χ4n) is 4.45. The highest BCUT2D eigenvalue weighted by Crippen LogP contribution is 2.39. The van der Waals surface area contributed by atoms with Crippen LogP contribution in [0.3, 0.4) is 0 Å². The van der Waals surface area contributed by atoms with Crippen LogP contribution in [0.2, 0.25) is 0 Å². The summed E-state index contributed by atoms with van der Waals surface area (Å²) >= 11 is 0. The van der Waals surface area contributed by atoms with Crippen molar-refractivity contribution in [3.05, 3.63) is 75.4 Å². The third kappa shape index (κ3) is 3.45. The molecule has 0 radical (unpaired) electrons. The number of halogens is 1. The Labute approximate surface area is 183 Å². The minimum atomic E-state index is -0.845. The van der Waals surface area contributed by atoms with E-state index in [1.807, 2.05) is 0 Å². The molecule has 0 aliphatic carbocycles. The molecule has 0 spiro atoms. The molecule has 1 aromatic heterocycles. The van der Waals surface area contributed by atoms with Crippen LogP contribution in [-0.2, 0) is 4.74 Å². The van der Waals surface area contributed by atoms with Gasteiger partial charge >= 0.3 is 0 Å². The maximum Gasteiger partial charge on any atom is 0.290 e. The number of amides is 1. The molecule has 1 fully saturated rings. The van der Waals surface area contributed by atoms with Crippen LogP contribution in [-0.4, -0.2) is 62.2 Å². The number of carbonyl (C=O) groups excluding carboxylic acids is 1. The van der Waals surface area contributed by atoms with E-state index in [-0.39, 0.29) is 27.9 Å². The van der Waals surface area contributed by atoms with Crippen LogP contribution in [0.5, 0.6) is 5.75 Å². The Morgan fingerprint density at radius 2 is 1.88 bits per heavy atom. The summed E-state index contributed by atoms with van der Waals surface area (Å²) in [5.74, 6) is -0.404. The van der Waals surface area contributed by atoms with Crippen LogP contribution < -0.4 is 10.2 Å². The molecule has 166 valence electrons. The molecule has 3 aromatic rings. The van der Waals surface area contributed by atoms with Gasteiger partial charge in [0.05, 0.1) is 37.3 Å². The van der Waals surface area contributed by atoms with Gasteiger partial charge < -0.3 is 18.8 Å². The number of hydrogen-bond donors (Lipinski definition) is 0. The summed E-state index contributed by atoms with van der Waals surface area (Å²) in [7, 11) is 1.51. The van der Waals surface area contributed by atoms with Crippen LogP contribution in [0, 0.1) is 5.82 Å². The van der Waals surface area contributed by atoms with Crippen molar-refractivity contribution >= 4 is 16.9 Å². The zero-order chi connectivity index (χ0) is 22.2. The van der Waals surface area contributed by atoms with E-state index < -0.39 is 17.8 Å². The third-order valence-corrected chi connectivity index (χ3v) is 6.14. The highest BCUT2D eigenvalue weighted by Gasteiger charge is 2.43. The van der Waals surface area contributed by atoms with Crippen LogP contribution in [0.4, 0.5) is 4.39 Å². The lowest BCUT2D eigenvalue weighted by Gasteiger charge is -2.31. The van der Waals surface area contributed by atoms with Gasteiger partial charge in [-0.25, -0.2) is 4.39 Å². The largest absolute Gasteiger partial charge is 0.497 e. The minimum absolute atomic E-state index is 0.0361. The lowest BCUT2D eigenvalue weighted by atomic mass is 9.98. The monoisotopic (exact) mass is 438 g/mol. The van der Waals surface area contributed by atoms with Crippen molar-refractivity contribution in [1.82, 2.24) is 9.80 Å². The van der Waals surface area contributed by atoms with E-state index in [0.717, 1.165) is 13.1 Å². The predicted molar refractivity (Wildman–Crippen MR) is 116 cm³/mol. The van der Waals surface area contributed by atoms with Gasteiger partial charge in [0.15, 0.2) is 5.43 Å². The van der Waals surface area contributed by atoms with Crippen molar-refractivity contribution in [2.24, 2.45) is 0 Å². The fraction of sp³-hybridized carbons (Fsp3) is 0.333. The van der Waals surface area contributed by atoms with Crippen LogP contribution in [0.25, 0.3) is 11.0 Å². The highest BCUT2D eigenvalue weighted by atomic mass is 19.1. The van der Waals surface area contributed by atoms with Gasteiger partial charge in [0.2, 0.25) is 5.76 Å². The molecule has 0 unspecified atom stereocenters. The SMILES string of the molecule is COc1ccc2c(=O)c3c(oc2c1)C(=O)N(CCN1CCOCC1)[C@H]3c1ccccc1F. The molecule has 2 aliphatic rings. The molecule has 1 saturated heterocycles. The molecule has 5 rings (SSSR count). The molecule has 7 nitrogen and oxygen atoms in total. The fourth-order valence-corrected chi connectivity index (χ4v) is 4.45. The maximum atomic E-state index is 14.9. The van der Waals surface area contributed by atoms with Crippen molar-refractivity contribution in [3.8, 4) is 5.75 Å². The average Bonchev–Trinajstić information content (AvgIpc) is 3.10. The quantitative estimate of drug-likeness (QED) is 0.610. The van der Waals surface area contributed by atoms with Crippen molar-refractivity contribution < 1.29 is 23.1 Å². The molecule has 1 amide bonds. The van der Waals surface area contributed by atoms with Crippen molar-refractivity contribution in [2.75, 3.05) is 46.5 Å². The number of fused-ring (bicyclic) bond motifs is 2. The number of ether oxygens (including phenoxy) is 2. The highest BCUT2D eigenvalue weighted by molar-refractivity contribution is 5.99. The lowest BCUT2D eigenvalue weighted by molar-refractivity contribution is 0.0314. The number of carbonyl (C=O) groups is 1. The second-order valence-corrected chi connectivity index (χ2v) is 7.91. The van der Waals surface area contributed by atoms with Gasteiger partial charge in [0.25, 0.3) is 5.91 Å². The normalized spacial score (nSPS) is 18.9. The predicted octanol–water partition coefficient (Wildman–Crippen LogP) is 2.82. The van der Waals surface area contributed by atoms with Crippen LogP contribution in [0.15, 0.2) is 51.7 Å². The average molecular weight is 438 g/mol. The minimum Gasteiger partial charge on any atom is -0.497 e. The Morgan fingerprint density at radius 1 is 1.09 bits per heavy atom. The first-order valence-corrected chi connectivity index (χ1v) is 10.6. The first-order chi connectivity index (χ1) is 15.6. The van der Waals surface area contributed by atoms with Gasteiger partial charge in [-0.2, -0.15) is 0 Å². The molecule has 2 aromatic carbocycles. The number of morpholine rings is 1. The molecular formula is C24H23FN2O5. The Morgan fingerprint density at radius 3 is 2.62 bits per heavy atom. The summed E-state index contributed by atoms with van der Waals surface area (Å²) in [6, 6.07) is 10.3. The smallest absolute Gasteiger partial charge is 0.290 e. The summed E-state index contributed by atoms with van der Waals surface area (Å²) in [6.07, 6.45) is 0. The molecule has 0 N–H and O–H groups in total. The maximum absolute atomic E-state index is 14.9. The van der Waals surface area contributed by atoms with Crippen LogP contribution >= 0.6 is 0 Å². The molecule has 0 bridgehead atoms. The molecule has 1 atom stereocenters. The molecule has 3 heterocycles. The van der Waals surface area contributed by atoms with Gasteiger partial charge in [-0.3, -0.25) is 14.5 Å². The summed E-state index contributed by atoms with van der Waals surface area (Å²) in [5, 5.41) is 0.328. The second-order valence-electron chi connectivity index (χ2n) is 7.91. The number of nitrogens with zero attached hydrogens (tertiary/aromatic N) is 2. The van der Waals surface area contributed by atoms with E-state index in [1.165, 1.54) is 13.2 Å². The van der Waals surface area contributed by atoms with E-state index >= 15 is 0 Å². The summed E-state index contributed by atoms with van der Waals surface area (Å²) in [6.45, 7) is 3.73. The number of methoxy groups -OCH3 is 1. The summed E-state index contributed by atoms with van der Waals surface area (Å²) < 4.78 is 31.4. The Hall–Kier alpha value is -3.23. The Bertz CT molecular complexity index is 1230. The zero-order valence-electron chi connectivity index (χ0n) is 17.7. The standard InChI is InChI=1S/C24H23FN2O5/c1-30-15-6-7-17-19(14-15)32-23-20(22(17)28)21(16-4-2-3-5-18(16)25)27(24(23)29)9-8-26-10-12-31-13-11-26/h2-7,14,21H,8-13H2,1H3/t21-/m0/s1. The molecule has 0 saturated carbocycles. The number of benzene rings is 2. The Kier molecular flexibility index (Phi) is 5.40. The molecule has 32 heavy (non-hydrogen) atoms. The third-order valence-electron chi connectivity index (χ3n) is 6.14. The lowest BCUT2D eigenvalue weighted by Crippen LogP contribution is -2.42. The molecule has 8 heteroatoms. The Balaban J connectivity index is 1.62. The van der Waals surface area contributed by atoms with E-state index in [9.17, 15) is 14.0 Å². The van der Waals surface area contributed by atoms with E-state index in [4.69, 9.17) is 13.9 Å². The van der Waals surface area contributed by atoms with Gasteiger partial charge in [0, 0.05) is 37.8 Å². The second kappa shape index (κ2) is 8.37. The van der Waals surface area contributed by atoms with Gasteiger partial charge in [-0.05, 0) is 18.2 Å². The van der Waals surface area contributed by atoms with Crippen molar-refractivity contribution in [1.29, 1.82) is 0 Å². The zero-order valence-corrected chi connectivity index (χ0v) is 17.7. The summed E-state index contributed by atoms with van der Waals surface area (Å²) in [5.41, 5.74) is 0.393. The van der Waals surface area contributed by atoms with E-state index in [0.29, 0.717) is 37.4 Å². The van der Waals surface area contributed by atoms with Crippen molar-refractivity contribution in [2.45, 2.75) is 6.04 Å². The van der Waals surface area contributed by atoms with Gasteiger partial charge in [0.1, 0.15) is 17.1 Å². The summed E-state index contributed by atoms with van der Waals surface area (Å²) in [4.78, 5) is 30.6. The number of hydrogen-bond acceptors (Lipinski definition) is 6. The van der Waals surface area contributed by atoms with E-state index in [2.05, 4.69) is 4.90 Å². The number of rotatable bonds is 5. The molecule has 2 aliphatic heterocycles. The topological polar surface area (TPSA) is 72.2 Å². The molecular weight excluding hydrogens is 415 g/mol.